The highest BCUT2D eigenvalue weighted by molar-refractivity contribution is 5.96. The number of rotatable bonds is 0. The minimum Gasteiger partial charge on any atom is -0.299 e. The van der Waals surface area contributed by atoms with Crippen molar-refractivity contribution in [1.29, 1.82) is 0 Å². The summed E-state index contributed by atoms with van der Waals surface area (Å²) in [5, 5.41) is 0. The molecule has 3 saturated carbocycles. The number of fused-ring (bicyclic) bond motifs is 1. The zero-order valence-corrected chi connectivity index (χ0v) is 8.92. The number of hydrogen-bond donors (Lipinski definition) is 0. The summed E-state index contributed by atoms with van der Waals surface area (Å²) in [6, 6.07) is 0. The third-order valence-electron chi connectivity index (χ3n) is 4.69. The second kappa shape index (κ2) is 2.81. The average Bonchev–Trinajstić information content (AvgIpc) is 2.45. The average molecular weight is 204 g/mol. The van der Waals surface area contributed by atoms with Gasteiger partial charge >= 0.3 is 0 Å². The van der Waals surface area contributed by atoms with Crippen molar-refractivity contribution in [2.45, 2.75) is 38.5 Å². The van der Waals surface area contributed by atoms with Gasteiger partial charge in [0.15, 0.2) is 0 Å². The molecular weight excluding hydrogens is 188 g/mol. The van der Waals surface area contributed by atoms with Gasteiger partial charge in [-0.1, -0.05) is 12.2 Å². The summed E-state index contributed by atoms with van der Waals surface area (Å²) in [7, 11) is 0. The maximum Gasteiger partial charge on any atom is 0.140 e. The molecule has 0 N–H and O–H groups in total. The van der Waals surface area contributed by atoms with Crippen LogP contribution in [0.5, 0.6) is 0 Å². The Bertz CT molecular complexity index is 369. The summed E-state index contributed by atoms with van der Waals surface area (Å²) < 4.78 is 0. The molecule has 0 heterocycles. The van der Waals surface area contributed by atoms with E-state index in [-0.39, 0.29) is 11.3 Å². The van der Waals surface area contributed by atoms with Gasteiger partial charge in [0.1, 0.15) is 11.6 Å². The largest absolute Gasteiger partial charge is 0.299 e. The Labute approximate surface area is 89.7 Å². The van der Waals surface area contributed by atoms with Crippen LogP contribution in [0, 0.1) is 17.3 Å². The molecule has 0 saturated heterocycles. The molecule has 2 nitrogen and oxygen atoms in total. The highest BCUT2D eigenvalue weighted by Gasteiger charge is 2.58. The first-order chi connectivity index (χ1) is 7.13. The molecule has 80 valence electrons. The van der Waals surface area contributed by atoms with Crippen LogP contribution in [0.1, 0.15) is 38.5 Å². The quantitative estimate of drug-likeness (QED) is 0.567. The minimum atomic E-state index is -0.296. The normalized spacial score (nSPS) is 44.4. The molecule has 3 atom stereocenters. The Kier molecular flexibility index (Phi) is 1.74. The van der Waals surface area contributed by atoms with Crippen LogP contribution < -0.4 is 0 Å². The van der Waals surface area contributed by atoms with Crippen molar-refractivity contribution in [3.05, 3.63) is 12.2 Å². The van der Waals surface area contributed by atoms with Gasteiger partial charge in [-0.05, 0) is 31.6 Å². The van der Waals surface area contributed by atoms with Gasteiger partial charge in [0.2, 0.25) is 0 Å². The van der Waals surface area contributed by atoms with Gasteiger partial charge in [0.25, 0.3) is 0 Å². The van der Waals surface area contributed by atoms with E-state index in [1.54, 1.807) is 0 Å². The second-order valence-corrected chi connectivity index (χ2v) is 5.43. The zero-order valence-electron chi connectivity index (χ0n) is 8.92. The van der Waals surface area contributed by atoms with E-state index in [2.05, 4.69) is 6.58 Å². The molecule has 2 heteroatoms. The third kappa shape index (κ3) is 1.05. The molecule has 3 rings (SSSR count). The van der Waals surface area contributed by atoms with Crippen LogP contribution in [0.3, 0.4) is 0 Å². The predicted molar refractivity (Wildman–Crippen MR) is 56.3 cm³/mol. The molecule has 0 aromatic rings. The molecule has 0 amide bonds. The van der Waals surface area contributed by atoms with Gasteiger partial charge in [0, 0.05) is 24.2 Å². The Morgan fingerprint density at radius 1 is 1.33 bits per heavy atom. The second-order valence-electron chi connectivity index (χ2n) is 5.43. The Morgan fingerprint density at radius 2 is 2.13 bits per heavy atom. The van der Waals surface area contributed by atoms with E-state index in [0.717, 1.165) is 31.3 Å². The van der Waals surface area contributed by atoms with E-state index in [0.29, 0.717) is 30.3 Å². The summed E-state index contributed by atoms with van der Waals surface area (Å²) >= 11 is 0. The molecule has 0 aromatic heterocycles. The van der Waals surface area contributed by atoms with Gasteiger partial charge in [-0.15, -0.1) is 0 Å². The smallest absolute Gasteiger partial charge is 0.140 e. The summed E-state index contributed by atoms with van der Waals surface area (Å²) in [6.07, 6.45) is 4.90. The maximum atomic E-state index is 12.1. The first kappa shape index (κ1) is 9.32. The first-order valence-electron chi connectivity index (χ1n) is 5.87. The number of Topliss-reactive ketones (excluding diaryl/α,β-unsaturated/α-hetero) is 2. The number of ketones is 2. The highest BCUT2D eigenvalue weighted by Crippen LogP contribution is 2.59. The van der Waals surface area contributed by atoms with Crippen molar-refractivity contribution in [1.82, 2.24) is 0 Å². The van der Waals surface area contributed by atoms with Gasteiger partial charge in [-0.25, -0.2) is 0 Å². The Balaban J connectivity index is 2.08. The molecule has 2 bridgehead atoms. The topological polar surface area (TPSA) is 34.1 Å². The lowest BCUT2D eigenvalue weighted by Gasteiger charge is -2.41. The summed E-state index contributed by atoms with van der Waals surface area (Å²) in [5.74, 6) is 1.03. The number of allylic oxidation sites excluding steroid dienone is 1. The van der Waals surface area contributed by atoms with Gasteiger partial charge in [0.05, 0.1) is 0 Å². The maximum absolute atomic E-state index is 12.1. The fourth-order valence-corrected chi connectivity index (χ4v) is 3.94. The molecule has 0 aromatic carbocycles. The van der Waals surface area contributed by atoms with Crippen molar-refractivity contribution >= 4 is 11.6 Å². The van der Waals surface area contributed by atoms with Crippen LogP contribution in [0.4, 0.5) is 0 Å². The molecule has 3 aliphatic carbocycles. The number of carbonyl (C=O) groups is 2. The van der Waals surface area contributed by atoms with Crippen molar-refractivity contribution in [2.75, 3.05) is 0 Å². The standard InChI is InChI=1S/C13H16O2/c1-8-6-13-7-9(8)5-11(14)10(13)3-2-4-12(13)15/h9-10H,1-7H2/t9-,10-,13+/m1/s1. The van der Waals surface area contributed by atoms with E-state index >= 15 is 0 Å². The van der Waals surface area contributed by atoms with Crippen LogP contribution >= 0.6 is 0 Å². The van der Waals surface area contributed by atoms with Crippen LogP contribution in [-0.4, -0.2) is 11.6 Å². The lowest BCUT2D eigenvalue weighted by atomic mass is 9.59. The zero-order chi connectivity index (χ0) is 10.6. The van der Waals surface area contributed by atoms with Gasteiger partial charge in [-0.2, -0.15) is 0 Å². The van der Waals surface area contributed by atoms with E-state index in [9.17, 15) is 9.59 Å². The fraction of sp³-hybridized carbons (Fsp3) is 0.692. The van der Waals surface area contributed by atoms with Crippen molar-refractivity contribution < 1.29 is 9.59 Å². The summed E-state index contributed by atoms with van der Waals surface area (Å²) in [5.41, 5.74) is 0.858. The molecule has 15 heavy (non-hydrogen) atoms. The van der Waals surface area contributed by atoms with Crippen molar-refractivity contribution in [3.8, 4) is 0 Å². The minimum absolute atomic E-state index is 0.0363. The van der Waals surface area contributed by atoms with Crippen molar-refractivity contribution in [2.24, 2.45) is 17.3 Å². The number of hydrogen-bond acceptors (Lipinski definition) is 2. The molecule has 1 spiro atoms. The molecule has 3 aliphatic rings. The Morgan fingerprint density at radius 3 is 2.93 bits per heavy atom. The van der Waals surface area contributed by atoms with Crippen LogP contribution in [0.25, 0.3) is 0 Å². The summed E-state index contributed by atoms with van der Waals surface area (Å²) in [6.45, 7) is 4.05. The molecule has 3 fully saturated rings. The van der Waals surface area contributed by atoms with Crippen LogP contribution in [0.15, 0.2) is 12.2 Å². The van der Waals surface area contributed by atoms with E-state index in [4.69, 9.17) is 0 Å². The highest BCUT2D eigenvalue weighted by atomic mass is 16.1. The number of carbonyl (C=O) groups excluding carboxylic acids is 2. The lowest BCUT2D eigenvalue weighted by molar-refractivity contribution is -0.146. The first-order valence-corrected chi connectivity index (χ1v) is 5.87. The van der Waals surface area contributed by atoms with Gasteiger partial charge in [-0.3, -0.25) is 9.59 Å². The molecule has 0 unspecified atom stereocenters. The SMILES string of the molecule is C=C1C[C@]23C[C@H]1CC(=O)[C@H]2CCCC3=O. The van der Waals surface area contributed by atoms with Crippen LogP contribution in [-0.2, 0) is 9.59 Å². The predicted octanol–water partition coefficient (Wildman–Crippen LogP) is 2.28. The monoisotopic (exact) mass is 204 g/mol. The summed E-state index contributed by atoms with van der Waals surface area (Å²) in [4.78, 5) is 24.1. The molecule has 0 aliphatic heterocycles. The molecular formula is C13H16O2. The van der Waals surface area contributed by atoms with E-state index in [1.807, 2.05) is 0 Å². The van der Waals surface area contributed by atoms with E-state index < -0.39 is 0 Å². The third-order valence-corrected chi connectivity index (χ3v) is 4.69. The van der Waals surface area contributed by atoms with Gasteiger partial charge < -0.3 is 0 Å². The lowest BCUT2D eigenvalue weighted by Crippen LogP contribution is -2.46. The Hall–Kier alpha value is -0.920. The molecule has 0 radical (unpaired) electrons. The van der Waals surface area contributed by atoms with Crippen molar-refractivity contribution in [3.63, 3.8) is 0 Å². The fourth-order valence-electron chi connectivity index (χ4n) is 3.94. The van der Waals surface area contributed by atoms with E-state index in [1.165, 1.54) is 0 Å². The van der Waals surface area contributed by atoms with Crippen LogP contribution in [0.2, 0.25) is 0 Å².